The Kier molecular flexibility index (Phi) is 5.79. The molecule has 2 nitrogen and oxygen atoms in total. The second-order valence-corrected chi connectivity index (χ2v) is 6.69. The number of rotatable bonds is 5. The van der Waals surface area contributed by atoms with Crippen LogP contribution in [0.5, 0.6) is 0 Å². The van der Waals surface area contributed by atoms with Crippen molar-refractivity contribution in [1.82, 2.24) is 0 Å². The van der Waals surface area contributed by atoms with Gasteiger partial charge in [-0.05, 0) is 59.5 Å². The van der Waals surface area contributed by atoms with Gasteiger partial charge in [0.15, 0.2) is 0 Å². The highest BCUT2D eigenvalue weighted by atomic mass is 127. The number of carbonyl (C=O) groups is 1. The molecule has 0 saturated carbocycles. The quantitative estimate of drug-likeness (QED) is 0.726. The first kappa shape index (κ1) is 16.0. The summed E-state index contributed by atoms with van der Waals surface area (Å²) in [5, 5.41) is 2.99. The van der Waals surface area contributed by atoms with Gasteiger partial charge < -0.3 is 5.32 Å². The number of amides is 1. The van der Waals surface area contributed by atoms with Crippen molar-refractivity contribution in [2.24, 2.45) is 5.92 Å². The van der Waals surface area contributed by atoms with E-state index in [9.17, 15) is 4.79 Å². The molecule has 2 rings (SSSR count). The Morgan fingerprint density at radius 3 is 2.48 bits per heavy atom. The van der Waals surface area contributed by atoms with E-state index < -0.39 is 0 Å². The van der Waals surface area contributed by atoms with Gasteiger partial charge in [0, 0.05) is 9.99 Å². The molecule has 0 aliphatic heterocycles. The van der Waals surface area contributed by atoms with E-state index in [1.165, 1.54) is 11.1 Å². The number of carbonyl (C=O) groups excluding carboxylic acids is 1. The lowest BCUT2D eigenvalue weighted by Crippen LogP contribution is -2.16. The molecule has 0 aliphatic rings. The first-order valence-corrected chi connectivity index (χ1v) is 8.22. The van der Waals surface area contributed by atoms with Crippen LogP contribution >= 0.6 is 22.6 Å². The first-order valence-electron chi connectivity index (χ1n) is 7.14. The molecule has 1 N–H and O–H groups in total. The van der Waals surface area contributed by atoms with E-state index in [1.54, 1.807) is 0 Å². The van der Waals surface area contributed by atoms with E-state index >= 15 is 0 Å². The topological polar surface area (TPSA) is 29.1 Å². The second-order valence-electron chi connectivity index (χ2n) is 5.53. The zero-order valence-electron chi connectivity index (χ0n) is 12.4. The highest BCUT2D eigenvalue weighted by molar-refractivity contribution is 14.1. The minimum Gasteiger partial charge on any atom is -0.325 e. The molecule has 1 amide bonds. The molecule has 3 heteroatoms. The summed E-state index contributed by atoms with van der Waals surface area (Å²) in [6, 6.07) is 16.4. The summed E-state index contributed by atoms with van der Waals surface area (Å²) in [5.41, 5.74) is 3.45. The summed E-state index contributed by atoms with van der Waals surface area (Å²) in [6.07, 6.45) is 1.47. The predicted octanol–water partition coefficient (Wildman–Crippen LogP) is 4.81. The van der Waals surface area contributed by atoms with Crippen molar-refractivity contribution in [2.75, 3.05) is 5.32 Å². The van der Waals surface area contributed by atoms with Crippen LogP contribution in [0.3, 0.4) is 0 Å². The molecule has 0 aromatic heterocycles. The average Bonchev–Trinajstić information content (AvgIpc) is 2.44. The number of hydrogen-bond donors (Lipinski definition) is 1. The fraction of sp³-hybridized carbons (Fsp3) is 0.278. The van der Waals surface area contributed by atoms with Crippen LogP contribution in [0.4, 0.5) is 5.69 Å². The molecule has 2 aromatic rings. The third-order valence-electron chi connectivity index (χ3n) is 3.39. The minimum atomic E-state index is 0.0822. The number of halogens is 1. The van der Waals surface area contributed by atoms with Crippen molar-refractivity contribution < 1.29 is 4.79 Å². The standard InChI is InChI=1S/C18H20INO/c1-13-7-9-15(10-8-13)11-14(2)12-18(21)20-17-6-4-3-5-16(17)19/h3-10,14H,11-12H2,1-2H3,(H,20,21). The summed E-state index contributed by atoms with van der Waals surface area (Å²) in [6.45, 7) is 4.21. The molecular formula is C18H20INO. The van der Waals surface area contributed by atoms with Crippen LogP contribution in [0, 0.1) is 16.4 Å². The summed E-state index contributed by atoms with van der Waals surface area (Å²) < 4.78 is 1.06. The van der Waals surface area contributed by atoms with E-state index in [2.05, 4.69) is 66.0 Å². The number of benzene rings is 2. The van der Waals surface area contributed by atoms with Crippen molar-refractivity contribution in [2.45, 2.75) is 26.7 Å². The number of para-hydroxylation sites is 1. The van der Waals surface area contributed by atoms with Crippen LogP contribution in [-0.4, -0.2) is 5.91 Å². The van der Waals surface area contributed by atoms with Gasteiger partial charge >= 0.3 is 0 Å². The molecule has 1 atom stereocenters. The van der Waals surface area contributed by atoms with Crippen molar-refractivity contribution in [3.05, 3.63) is 63.2 Å². The average molecular weight is 393 g/mol. The van der Waals surface area contributed by atoms with E-state index in [-0.39, 0.29) is 5.91 Å². The van der Waals surface area contributed by atoms with Crippen LogP contribution in [0.1, 0.15) is 24.5 Å². The van der Waals surface area contributed by atoms with Crippen LogP contribution in [0.25, 0.3) is 0 Å². The summed E-state index contributed by atoms with van der Waals surface area (Å²) in [7, 11) is 0. The predicted molar refractivity (Wildman–Crippen MR) is 96.5 cm³/mol. The first-order chi connectivity index (χ1) is 10.0. The molecule has 0 radical (unpaired) electrons. The Hall–Kier alpha value is -1.36. The van der Waals surface area contributed by atoms with E-state index in [4.69, 9.17) is 0 Å². The summed E-state index contributed by atoms with van der Waals surface area (Å²) in [5.74, 6) is 0.410. The fourth-order valence-electron chi connectivity index (χ4n) is 2.28. The molecule has 0 fully saturated rings. The van der Waals surface area contributed by atoms with Gasteiger partial charge in [0.2, 0.25) is 5.91 Å². The molecular weight excluding hydrogens is 373 g/mol. The van der Waals surface area contributed by atoms with Crippen LogP contribution in [0.2, 0.25) is 0 Å². The Labute approximate surface area is 140 Å². The van der Waals surface area contributed by atoms with Gasteiger partial charge in [0.05, 0.1) is 5.69 Å². The Morgan fingerprint density at radius 1 is 1.14 bits per heavy atom. The number of anilines is 1. The molecule has 0 aliphatic carbocycles. The molecule has 2 aromatic carbocycles. The van der Waals surface area contributed by atoms with Crippen molar-refractivity contribution in [1.29, 1.82) is 0 Å². The van der Waals surface area contributed by atoms with Gasteiger partial charge in [-0.2, -0.15) is 0 Å². The zero-order chi connectivity index (χ0) is 15.2. The van der Waals surface area contributed by atoms with Crippen molar-refractivity contribution in [3.63, 3.8) is 0 Å². The molecule has 21 heavy (non-hydrogen) atoms. The molecule has 110 valence electrons. The molecule has 0 saturated heterocycles. The van der Waals surface area contributed by atoms with Gasteiger partial charge in [0.1, 0.15) is 0 Å². The SMILES string of the molecule is Cc1ccc(CC(C)CC(=O)Nc2ccccc2I)cc1. The van der Waals surface area contributed by atoms with E-state index in [1.807, 2.05) is 24.3 Å². The molecule has 0 bridgehead atoms. The lowest BCUT2D eigenvalue weighted by molar-refractivity contribution is -0.116. The Morgan fingerprint density at radius 2 is 1.81 bits per heavy atom. The van der Waals surface area contributed by atoms with Crippen LogP contribution in [-0.2, 0) is 11.2 Å². The molecule has 0 spiro atoms. The van der Waals surface area contributed by atoms with Gasteiger partial charge in [-0.1, -0.05) is 48.9 Å². The largest absolute Gasteiger partial charge is 0.325 e. The normalized spacial score (nSPS) is 12.0. The van der Waals surface area contributed by atoms with Crippen molar-refractivity contribution >= 4 is 34.2 Å². The maximum atomic E-state index is 12.1. The Balaban J connectivity index is 1.87. The highest BCUT2D eigenvalue weighted by Gasteiger charge is 2.11. The highest BCUT2D eigenvalue weighted by Crippen LogP contribution is 2.19. The van der Waals surface area contributed by atoms with E-state index in [0.29, 0.717) is 12.3 Å². The minimum absolute atomic E-state index is 0.0822. The lowest BCUT2D eigenvalue weighted by Gasteiger charge is -2.12. The fourth-order valence-corrected chi connectivity index (χ4v) is 2.80. The number of hydrogen-bond acceptors (Lipinski definition) is 1. The van der Waals surface area contributed by atoms with Crippen molar-refractivity contribution in [3.8, 4) is 0 Å². The third-order valence-corrected chi connectivity index (χ3v) is 4.33. The number of nitrogens with one attached hydrogen (secondary N) is 1. The van der Waals surface area contributed by atoms with Crippen LogP contribution in [0.15, 0.2) is 48.5 Å². The third kappa shape index (κ3) is 5.16. The maximum Gasteiger partial charge on any atom is 0.224 e. The van der Waals surface area contributed by atoms with Gasteiger partial charge in [-0.15, -0.1) is 0 Å². The smallest absolute Gasteiger partial charge is 0.224 e. The zero-order valence-corrected chi connectivity index (χ0v) is 14.6. The second kappa shape index (κ2) is 7.59. The van der Waals surface area contributed by atoms with E-state index in [0.717, 1.165) is 15.7 Å². The number of aryl methyl sites for hydroxylation is 1. The summed E-state index contributed by atoms with van der Waals surface area (Å²) in [4.78, 5) is 12.1. The molecule has 1 unspecified atom stereocenters. The van der Waals surface area contributed by atoms with Gasteiger partial charge in [-0.25, -0.2) is 0 Å². The Bertz CT molecular complexity index is 607. The van der Waals surface area contributed by atoms with Crippen LogP contribution < -0.4 is 5.32 Å². The lowest BCUT2D eigenvalue weighted by atomic mass is 9.97. The monoisotopic (exact) mass is 393 g/mol. The van der Waals surface area contributed by atoms with Gasteiger partial charge in [0.25, 0.3) is 0 Å². The summed E-state index contributed by atoms with van der Waals surface area (Å²) >= 11 is 2.23. The molecule has 0 heterocycles. The maximum absolute atomic E-state index is 12.1. The van der Waals surface area contributed by atoms with Gasteiger partial charge in [-0.3, -0.25) is 4.79 Å².